The summed E-state index contributed by atoms with van der Waals surface area (Å²) in [7, 11) is 0. The fraction of sp³-hybridized carbons (Fsp3) is 0.286. The molecule has 0 saturated heterocycles. The second-order valence-electron chi connectivity index (χ2n) is 7.42. The number of amides is 1. The quantitative estimate of drug-likeness (QED) is 0.557. The van der Waals surface area contributed by atoms with E-state index in [-0.39, 0.29) is 5.56 Å². The number of primary amides is 1. The van der Waals surface area contributed by atoms with Crippen LogP contribution in [0.15, 0.2) is 36.9 Å². The number of benzene rings is 2. The number of nitrogens with zero attached hydrogens (tertiary/aromatic N) is 3. The highest BCUT2D eigenvalue weighted by Crippen LogP contribution is 2.35. The van der Waals surface area contributed by atoms with Gasteiger partial charge in [-0.15, -0.1) is 0 Å². The number of imidazole rings is 2. The van der Waals surface area contributed by atoms with Gasteiger partial charge < -0.3 is 15.3 Å². The Morgan fingerprint density at radius 1 is 1.18 bits per heavy atom. The zero-order valence-electron chi connectivity index (χ0n) is 15.3. The van der Waals surface area contributed by atoms with Gasteiger partial charge in [-0.05, 0) is 36.6 Å². The van der Waals surface area contributed by atoms with Gasteiger partial charge in [0.15, 0.2) is 0 Å². The molecule has 2 aromatic heterocycles. The Morgan fingerprint density at radius 2 is 2.00 bits per heavy atom. The average Bonchev–Trinajstić information content (AvgIpc) is 3.34. The fourth-order valence-corrected chi connectivity index (χ4v) is 4.38. The summed E-state index contributed by atoms with van der Waals surface area (Å²) in [6, 6.07) is 7.41. The summed E-state index contributed by atoms with van der Waals surface area (Å²) in [6.45, 7) is 0. The number of nitrogens with one attached hydrogen (secondary N) is 1. The van der Waals surface area contributed by atoms with E-state index >= 15 is 0 Å². The van der Waals surface area contributed by atoms with Gasteiger partial charge in [-0.1, -0.05) is 25.3 Å². The lowest BCUT2D eigenvalue weighted by Gasteiger charge is -2.23. The van der Waals surface area contributed by atoms with Crippen molar-refractivity contribution in [3.63, 3.8) is 0 Å². The molecule has 5 rings (SSSR count). The van der Waals surface area contributed by atoms with Crippen LogP contribution in [0.4, 0.5) is 4.39 Å². The lowest BCUT2D eigenvalue weighted by Crippen LogP contribution is -2.12. The molecule has 1 aliphatic carbocycles. The molecule has 0 bridgehead atoms. The zero-order valence-corrected chi connectivity index (χ0v) is 15.3. The van der Waals surface area contributed by atoms with E-state index in [9.17, 15) is 9.18 Å². The third-order valence-corrected chi connectivity index (χ3v) is 5.75. The van der Waals surface area contributed by atoms with E-state index in [0.29, 0.717) is 28.2 Å². The Bertz CT molecular complexity index is 1200. The number of carbonyl (C=O) groups excluding carboxylic acids is 1. The molecule has 6 nitrogen and oxygen atoms in total. The number of fused-ring (bicyclic) bond motifs is 2. The monoisotopic (exact) mass is 377 g/mol. The van der Waals surface area contributed by atoms with Gasteiger partial charge >= 0.3 is 0 Å². The maximum absolute atomic E-state index is 14.9. The molecular formula is C21H20FN5O. The zero-order chi connectivity index (χ0) is 19.3. The standard InChI is InChI=1S/C21H20FN5O/c22-15-9-14(21(23)28)19-20(25-10-24-19)18(15)12-6-7-17-16(8-12)26-11-27(17)13-4-2-1-3-5-13/h6-11,13H,1-5H2,(H2,23,28)(H,24,25). The highest BCUT2D eigenvalue weighted by Gasteiger charge is 2.21. The van der Waals surface area contributed by atoms with Crippen molar-refractivity contribution in [1.82, 2.24) is 19.5 Å². The number of aromatic amines is 1. The fourth-order valence-electron chi connectivity index (χ4n) is 4.38. The predicted octanol–water partition coefficient (Wildman–Crippen LogP) is 4.32. The van der Waals surface area contributed by atoms with E-state index < -0.39 is 11.7 Å². The van der Waals surface area contributed by atoms with Gasteiger partial charge in [0.25, 0.3) is 5.91 Å². The number of H-pyrrole nitrogens is 1. The van der Waals surface area contributed by atoms with Crippen LogP contribution in [-0.2, 0) is 0 Å². The van der Waals surface area contributed by atoms with Crippen molar-refractivity contribution in [2.45, 2.75) is 38.1 Å². The lowest BCUT2D eigenvalue weighted by atomic mass is 9.95. The summed E-state index contributed by atoms with van der Waals surface area (Å²) >= 11 is 0. The van der Waals surface area contributed by atoms with E-state index in [1.54, 1.807) is 0 Å². The van der Waals surface area contributed by atoms with Gasteiger partial charge in [0.05, 0.1) is 40.3 Å². The van der Waals surface area contributed by atoms with Gasteiger partial charge in [-0.3, -0.25) is 4.79 Å². The van der Waals surface area contributed by atoms with Crippen LogP contribution in [0.2, 0.25) is 0 Å². The van der Waals surface area contributed by atoms with Crippen molar-refractivity contribution in [2.24, 2.45) is 5.73 Å². The molecule has 0 aliphatic heterocycles. The van der Waals surface area contributed by atoms with Crippen LogP contribution in [-0.4, -0.2) is 25.4 Å². The summed E-state index contributed by atoms with van der Waals surface area (Å²) < 4.78 is 17.2. The average molecular weight is 377 g/mol. The first-order chi connectivity index (χ1) is 13.6. The SMILES string of the molecule is NC(=O)c1cc(F)c(-c2ccc3c(c2)ncn3C2CCCCC2)c2nc[nH]c12. The van der Waals surface area contributed by atoms with Crippen molar-refractivity contribution < 1.29 is 9.18 Å². The molecule has 4 aromatic rings. The van der Waals surface area contributed by atoms with E-state index in [2.05, 4.69) is 19.5 Å². The molecule has 0 spiro atoms. The molecule has 1 amide bonds. The molecule has 1 fully saturated rings. The van der Waals surface area contributed by atoms with E-state index in [0.717, 1.165) is 11.0 Å². The van der Waals surface area contributed by atoms with Gasteiger partial charge in [0, 0.05) is 11.6 Å². The normalized spacial score (nSPS) is 15.5. The smallest absolute Gasteiger partial charge is 0.250 e. The minimum atomic E-state index is -0.693. The molecular weight excluding hydrogens is 357 g/mol. The number of hydrogen-bond donors (Lipinski definition) is 2. The highest BCUT2D eigenvalue weighted by molar-refractivity contribution is 6.08. The number of rotatable bonds is 3. The van der Waals surface area contributed by atoms with Crippen LogP contribution < -0.4 is 5.73 Å². The lowest BCUT2D eigenvalue weighted by molar-refractivity contribution is 0.100. The summed E-state index contributed by atoms with van der Waals surface area (Å²) in [6.07, 6.45) is 9.47. The molecule has 142 valence electrons. The maximum atomic E-state index is 14.9. The van der Waals surface area contributed by atoms with Gasteiger partial charge in [0.1, 0.15) is 5.82 Å². The Balaban J connectivity index is 1.64. The minimum absolute atomic E-state index is 0.0939. The van der Waals surface area contributed by atoms with E-state index in [4.69, 9.17) is 5.73 Å². The van der Waals surface area contributed by atoms with Crippen molar-refractivity contribution in [3.05, 3.63) is 48.3 Å². The van der Waals surface area contributed by atoms with Crippen LogP contribution in [0.5, 0.6) is 0 Å². The predicted molar refractivity (Wildman–Crippen MR) is 105 cm³/mol. The Hall–Kier alpha value is -3.22. The van der Waals surface area contributed by atoms with Crippen LogP contribution >= 0.6 is 0 Å². The van der Waals surface area contributed by atoms with E-state index in [1.807, 2.05) is 24.5 Å². The van der Waals surface area contributed by atoms with Gasteiger partial charge in [0.2, 0.25) is 0 Å². The molecule has 0 unspecified atom stereocenters. The first-order valence-electron chi connectivity index (χ1n) is 9.56. The number of halogens is 1. The Kier molecular flexibility index (Phi) is 3.89. The largest absolute Gasteiger partial charge is 0.366 e. The number of hydrogen-bond acceptors (Lipinski definition) is 3. The Labute approximate surface area is 160 Å². The van der Waals surface area contributed by atoms with Crippen molar-refractivity contribution in [2.75, 3.05) is 0 Å². The topological polar surface area (TPSA) is 89.6 Å². The van der Waals surface area contributed by atoms with Crippen LogP contribution in [0, 0.1) is 5.82 Å². The van der Waals surface area contributed by atoms with Crippen LogP contribution in [0.3, 0.4) is 0 Å². The molecule has 0 radical (unpaired) electrons. The summed E-state index contributed by atoms with van der Waals surface area (Å²) in [5.74, 6) is -1.22. The molecule has 3 N–H and O–H groups in total. The van der Waals surface area contributed by atoms with Crippen molar-refractivity contribution >= 4 is 28.0 Å². The third-order valence-electron chi connectivity index (χ3n) is 5.75. The van der Waals surface area contributed by atoms with Crippen molar-refractivity contribution in [3.8, 4) is 11.1 Å². The van der Waals surface area contributed by atoms with Crippen molar-refractivity contribution in [1.29, 1.82) is 0 Å². The molecule has 0 atom stereocenters. The summed E-state index contributed by atoms with van der Waals surface area (Å²) in [5.41, 5.74) is 9.20. The molecule has 2 heterocycles. The molecule has 1 aliphatic rings. The van der Waals surface area contributed by atoms with Gasteiger partial charge in [-0.2, -0.15) is 0 Å². The van der Waals surface area contributed by atoms with Crippen LogP contribution in [0.1, 0.15) is 48.5 Å². The van der Waals surface area contributed by atoms with Gasteiger partial charge in [-0.25, -0.2) is 14.4 Å². The number of aromatic nitrogens is 4. The highest BCUT2D eigenvalue weighted by atomic mass is 19.1. The second-order valence-corrected chi connectivity index (χ2v) is 7.42. The second kappa shape index (κ2) is 6.44. The molecule has 7 heteroatoms. The third kappa shape index (κ3) is 2.58. The summed E-state index contributed by atoms with van der Waals surface area (Å²) in [4.78, 5) is 23.3. The number of nitrogens with two attached hydrogens (primary N) is 1. The summed E-state index contributed by atoms with van der Waals surface area (Å²) in [5, 5.41) is 0. The van der Waals surface area contributed by atoms with E-state index in [1.165, 1.54) is 44.5 Å². The molecule has 1 saturated carbocycles. The molecule has 28 heavy (non-hydrogen) atoms. The molecule has 2 aromatic carbocycles. The first kappa shape index (κ1) is 16.9. The van der Waals surface area contributed by atoms with Crippen LogP contribution in [0.25, 0.3) is 33.2 Å². The number of carbonyl (C=O) groups is 1. The Morgan fingerprint density at radius 3 is 2.79 bits per heavy atom. The maximum Gasteiger partial charge on any atom is 0.250 e. The minimum Gasteiger partial charge on any atom is -0.366 e. The first-order valence-corrected chi connectivity index (χ1v) is 9.56.